The van der Waals surface area contributed by atoms with Crippen LogP contribution in [0.25, 0.3) is 0 Å². The van der Waals surface area contributed by atoms with Crippen molar-refractivity contribution in [1.29, 1.82) is 0 Å². The third kappa shape index (κ3) is 3.27. The van der Waals surface area contributed by atoms with Crippen LogP contribution in [0.15, 0.2) is 0 Å². The molecule has 1 aromatic rings. The second-order valence-corrected chi connectivity index (χ2v) is 6.50. The number of rotatable bonds is 3. The van der Waals surface area contributed by atoms with Crippen molar-refractivity contribution >= 4 is 16.5 Å². The highest BCUT2D eigenvalue weighted by atomic mass is 32.1. The molecule has 0 radical (unpaired) electrons. The molecule has 1 aliphatic rings. The molecule has 5 heteroatoms. The summed E-state index contributed by atoms with van der Waals surface area (Å²) in [6, 6.07) is 0.528. The molecule has 1 N–H and O–H groups in total. The summed E-state index contributed by atoms with van der Waals surface area (Å²) in [5.41, 5.74) is 0.974. The first-order valence-corrected chi connectivity index (χ1v) is 7.95. The summed E-state index contributed by atoms with van der Waals surface area (Å²) < 4.78 is 0. The lowest BCUT2D eigenvalue weighted by Crippen LogP contribution is -2.39. The zero-order valence-corrected chi connectivity index (χ0v) is 13.2. The normalized spacial score (nSPS) is 23.4. The highest BCUT2D eigenvalue weighted by molar-refractivity contribution is 7.15. The molecule has 2 rings (SSSR count). The van der Waals surface area contributed by atoms with Gasteiger partial charge < -0.3 is 14.9 Å². The minimum absolute atomic E-state index is 0.416. The Kier molecular flexibility index (Phi) is 4.81. The molecule has 1 saturated heterocycles. The van der Waals surface area contributed by atoms with Crippen molar-refractivity contribution in [2.75, 3.05) is 31.6 Å². The van der Waals surface area contributed by atoms with Crippen molar-refractivity contribution < 1.29 is 5.11 Å². The summed E-state index contributed by atoms with van der Waals surface area (Å²) >= 11 is 1.65. The molecule has 0 aromatic carbocycles. The summed E-state index contributed by atoms with van der Waals surface area (Å²) in [5, 5.41) is 10.9. The van der Waals surface area contributed by atoms with Crippen molar-refractivity contribution in [2.24, 2.45) is 0 Å². The Morgan fingerprint density at radius 3 is 2.79 bits per heavy atom. The minimum Gasteiger partial charge on any atom is -0.388 e. The van der Waals surface area contributed by atoms with E-state index in [4.69, 9.17) is 0 Å². The SMILES string of the molecule is CCC1CN(C)CCCN1c1nc(C)c(C(C)O)s1. The van der Waals surface area contributed by atoms with Gasteiger partial charge in [0, 0.05) is 19.1 Å². The number of thiazole rings is 1. The van der Waals surface area contributed by atoms with Crippen LogP contribution in [0.4, 0.5) is 5.13 Å². The van der Waals surface area contributed by atoms with E-state index in [2.05, 4.69) is 28.8 Å². The monoisotopic (exact) mass is 283 g/mol. The second kappa shape index (κ2) is 6.20. The van der Waals surface area contributed by atoms with E-state index in [1.54, 1.807) is 11.3 Å². The van der Waals surface area contributed by atoms with E-state index in [1.165, 1.54) is 6.42 Å². The van der Waals surface area contributed by atoms with Gasteiger partial charge in [0.25, 0.3) is 0 Å². The number of nitrogens with zero attached hydrogens (tertiary/aromatic N) is 3. The average molecular weight is 283 g/mol. The fourth-order valence-electron chi connectivity index (χ4n) is 2.75. The Morgan fingerprint density at radius 1 is 1.47 bits per heavy atom. The minimum atomic E-state index is -0.416. The number of likely N-dealkylation sites (N-methyl/N-ethyl adjacent to an activating group) is 1. The third-order valence-corrected chi connectivity index (χ3v) is 5.18. The predicted molar refractivity (Wildman–Crippen MR) is 81.0 cm³/mol. The van der Waals surface area contributed by atoms with E-state index >= 15 is 0 Å². The number of aliphatic hydroxyl groups excluding tert-OH is 1. The first kappa shape index (κ1) is 14.8. The van der Waals surface area contributed by atoms with E-state index in [1.807, 2.05) is 13.8 Å². The first-order chi connectivity index (χ1) is 9.02. The highest BCUT2D eigenvalue weighted by Crippen LogP contribution is 2.32. The Labute approximate surface area is 120 Å². The maximum Gasteiger partial charge on any atom is 0.186 e. The van der Waals surface area contributed by atoms with Gasteiger partial charge in [-0.25, -0.2) is 4.98 Å². The number of hydrogen-bond donors (Lipinski definition) is 1. The molecule has 2 unspecified atom stereocenters. The lowest BCUT2D eigenvalue weighted by molar-refractivity contribution is 0.202. The largest absolute Gasteiger partial charge is 0.388 e. The smallest absolute Gasteiger partial charge is 0.186 e. The number of hydrogen-bond acceptors (Lipinski definition) is 5. The van der Waals surface area contributed by atoms with Gasteiger partial charge in [0.2, 0.25) is 0 Å². The van der Waals surface area contributed by atoms with E-state index in [-0.39, 0.29) is 0 Å². The van der Waals surface area contributed by atoms with Crippen LogP contribution in [0.2, 0.25) is 0 Å². The Balaban J connectivity index is 2.25. The van der Waals surface area contributed by atoms with Gasteiger partial charge >= 0.3 is 0 Å². The molecule has 0 spiro atoms. The number of anilines is 1. The third-order valence-electron chi connectivity index (χ3n) is 3.82. The topological polar surface area (TPSA) is 39.6 Å². The van der Waals surface area contributed by atoms with Gasteiger partial charge in [-0.3, -0.25) is 0 Å². The molecule has 4 nitrogen and oxygen atoms in total. The Morgan fingerprint density at radius 2 is 2.21 bits per heavy atom. The van der Waals surface area contributed by atoms with Gasteiger partial charge in [0.1, 0.15) is 0 Å². The second-order valence-electron chi connectivity index (χ2n) is 5.49. The molecular weight excluding hydrogens is 258 g/mol. The molecule has 2 atom stereocenters. The quantitative estimate of drug-likeness (QED) is 0.925. The fraction of sp³-hybridized carbons (Fsp3) is 0.786. The molecule has 0 amide bonds. The molecule has 108 valence electrons. The molecule has 0 bridgehead atoms. The zero-order valence-electron chi connectivity index (χ0n) is 12.4. The lowest BCUT2D eigenvalue weighted by atomic mass is 10.2. The van der Waals surface area contributed by atoms with Crippen molar-refractivity contribution in [3.05, 3.63) is 10.6 Å². The first-order valence-electron chi connectivity index (χ1n) is 7.13. The molecule has 0 saturated carbocycles. The van der Waals surface area contributed by atoms with Crippen molar-refractivity contribution in [1.82, 2.24) is 9.88 Å². The standard InChI is InChI=1S/C14H25N3OS/c1-5-12-9-16(4)7-6-8-17(12)14-15-10(2)13(19-14)11(3)18/h11-12,18H,5-9H2,1-4H3. The van der Waals surface area contributed by atoms with Crippen LogP contribution in [-0.2, 0) is 0 Å². The number of aromatic nitrogens is 1. The van der Waals surface area contributed by atoms with Gasteiger partial charge in [0.05, 0.1) is 16.7 Å². The number of aryl methyl sites for hydroxylation is 1. The molecule has 19 heavy (non-hydrogen) atoms. The van der Waals surface area contributed by atoms with Crippen molar-refractivity contribution in [3.8, 4) is 0 Å². The molecule has 1 aliphatic heterocycles. The summed E-state index contributed by atoms with van der Waals surface area (Å²) in [7, 11) is 2.19. The number of aliphatic hydroxyl groups is 1. The maximum atomic E-state index is 9.78. The van der Waals surface area contributed by atoms with E-state index in [0.717, 1.165) is 41.8 Å². The summed E-state index contributed by atoms with van der Waals surface area (Å²) in [6.07, 6.45) is 1.89. The summed E-state index contributed by atoms with van der Waals surface area (Å²) in [6.45, 7) is 9.37. The highest BCUT2D eigenvalue weighted by Gasteiger charge is 2.25. The summed E-state index contributed by atoms with van der Waals surface area (Å²) in [5.74, 6) is 0. The van der Waals surface area contributed by atoms with E-state index < -0.39 is 6.10 Å². The Hall–Kier alpha value is -0.650. The molecule has 2 heterocycles. The van der Waals surface area contributed by atoms with Crippen LogP contribution in [0.5, 0.6) is 0 Å². The van der Waals surface area contributed by atoms with Gasteiger partial charge in [0.15, 0.2) is 5.13 Å². The van der Waals surface area contributed by atoms with Crippen LogP contribution >= 0.6 is 11.3 Å². The van der Waals surface area contributed by atoms with Crippen LogP contribution < -0.4 is 4.90 Å². The van der Waals surface area contributed by atoms with Gasteiger partial charge in [-0.05, 0) is 40.3 Å². The van der Waals surface area contributed by atoms with Crippen LogP contribution in [0.1, 0.15) is 43.4 Å². The van der Waals surface area contributed by atoms with Gasteiger partial charge in [-0.1, -0.05) is 18.3 Å². The van der Waals surface area contributed by atoms with Crippen LogP contribution in [0.3, 0.4) is 0 Å². The summed E-state index contributed by atoms with van der Waals surface area (Å²) in [4.78, 5) is 10.5. The van der Waals surface area contributed by atoms with E-state index in [9.17, 15) is 5.11 Å². The van der Waals surface area contributed by atoms with E-state index in [0.29, 0.717) is 6.04 Å². The van der Waals surface area contributed by atoms with Crippen LogP contribution in [-0.4, -0.2) is 47.7 Å². The maximum absolute atomic E-state index is 9.78. The lowest BCUT2D eigenvalue weighted by Gasteiger charge is -2.29. The van der Waals surface area contributed by atoms with Crippen LogP contribution in [0, 0.1) is 6.92 Å². The average Bonchev–Trinajstić information content (AvgIpc) is 2.63. The predicted octanol–water partition coefficient (Wildman–Crippen LogP) is 2.43. The zero-order chi connectivity index (χ0) is 14.0. The van der Waals surface area contributed by atoms with Gasteiger partial charge in [-0.2, -0.15) is 0 Å². The Bertz CT molecular complexity index is 419. The van der Waals surface area contributed by atoms with Crippen molar-refractivity contribution in [2.45, 2.75) is 45.8 Å². The van der Waals surface area contributed by atoms with Crippen molar-refractivity contribution in [3.63, 3.8) is 0 Å². The molecular formula is C14H25N3OS. The molecule has 0 aliphatic carbocycles. The fourth-order valence-corrected chi connectivity index (χ4v) is 3.85. The molecule has 1 aromatic heterocycles. The van der Waals surface area contributed by atoms with Gasteiger partial charge in [-0.15, -0.1) is 0 Å². The molecule has 1 fully saturated rings.